The summed E-state index contributed by atoms with van der Waals surface area (Å²) in [6.07, 6.45) is 4.38. The highest BCUT2D eigenvalue weighted by atomic mass is 28.3. The van der Waals surface area contributed by atoms with E-state index >= 15 is 0 Å². The molecule has 0 radical (unpaired) electrons. The lowest BCUT2D eigenvalue weighted by Crippen LogP contribution is -2.27. The molecule has 0 aliphatic rings. The van der Waals surface area contributed by atoms with Crippen LogP contribution in [0, 0.1) is 23.8 Å². The highest BCUT2D eigenvalue weighted by Crippen LogP contribution is 2.03. The summed E-state index contributed by atoms with van der Waals surface area (Å²) in [5.74, 6) is 5.26. The number of hydrogen-bond acceptors (Lipinski definition) is 2. The van der Waals surface area contributed by atoms with E-state index in [0.717, 1.165) is 0 Å². The molecule has 0 spiro atoms. The quantitative estimate of drug-likeness (QED) is 0.561. The zero-order valence-electron chi connectivity index (χ0n) is 9.29. The van der Waals surface area contributed by atoms with Crippen molar-refractivity contribution in [2.24, 2.45) is 0 Å². The molecular weight excluding hydrogens is 192 g/mol. The van der Waals surface area contributed by atoms with Gasteiger partial charge in [-0.15, -0.1) is 17.9 Å². The Kier molecular flexibility index (Phi) is 5.56. The van der Waals surface area contributed by atoms with Crippen molar-refractivity contribution in [3.8, 4) is 23.8 Å². The third-order valence-corrected chi connectivity index (χ3v) is 2.46. The third kappa shape index (κ3) is 5.83. The van der Waals surface area contributed by atoms with Crippen molar-refractivity contribution in [1.29, 1.82) is 0 Å². The fourth-order valence-corrected chi connectivity index (χ4v) is 1.40. The summed E-state index contributed by atoms with van der Waals surface area (Å²) in [6, 6.07) is 0. The normalized spacial score (nSPS) is 14.9. The summed E-state index contributed by atoms with van der Waals surface area (Å²) in [4.78, 5) is 0. The van der Waals surface area contributed by atoms with Gasteiger partial charge >= 0.3 is 0 Å². The third-order valence-electron chi connectivity index (χ3n) is 1.57. The van der Waals surface area contributed by atoms with E-state index in [1.807, 2.05) is 0 Å². The van der Waals surface area contributed by atoms with Crippen LogP contribution in [0.4, 0.5) is 0 Å². The first kappa shape index (κ1) is 13.3. The summed E-state index contributed by atoms with van der Waals surface area (Å²) in [6.45, 7) is 6.36. The number of methoxy groups -OCH3 is 1. The van der Waals surface area contributed by atoms with Gasteiger partial charge in [-0.3, -0.25) is 0 Å². The first-order chi connectivity index (χ1) is 6.40. The average Bonchev–Trinajstić information content (AvgIpc) is 2.09. The minimum Gasteiger partial charge on any atom is -0.378 e. The fraction of sp³-hybridized carbons (Fsp3) is 0.636. The number of aliphatic hydroxyl groups excluding tert-OH is 1. The van der Waals surface area contributed by atoms with E-state index in [-0.39, 0.29) is 6.10 Å². The second-order valence-corrected chi connectivity index (χ2v) is 8.90. The lowest BCUT2D eigenvalue weighted by molar-refractivity contribution is 0.0203. The highest BCUT2D eigenvalue weighted by Gasteiger charge is 2.16. The van der Waals surface area contributed by atoms with Crippen molar-refractivity contribution in [1.82, 2.24) is 0 Å². The highest BCUT2D eigenvalue weighted by molar-refractivity contribution is 6.83. The number of rotatable bonds is 3. The van der Waals surface area contributed by atoms with Crippen LogP contribution in [0.5, 0.6) is 0 Å². The van der Waals surface area contributed by atoms with Crippen molar-refractivity contribution in [3.05, 3.63) is 0 Å². The van der Waals surface area contributed by atoms with Gasteiger partial charge < -0.3 is 9.84 Å². The summed E-state index contributed by atoms with van der Waals surface area (Å²) in [5, 5.41) is 9.63. The van der Waals surface area contributed by atoms with E-state index < -0.39 is 14.2 Å². The molecule has 0 saturated carbocycles. The van der Waals surface area contributed by atoms with Crippen LogP contribution in [0.2, 0.25) is 19.6 Å². The molecule has 0 saturated heterocycles. The number of hydrogen-bond donors (Lipinski definition) is 1. The molecule has 0 aliphatic carbocycles. The van der Waals surface area contributed by atoms with Crippen molar-refractivity contribution in [3.63, 3.8) is 0 Å². The summed E-state index contributed by atoms with van der Waals surface area (Å²) >= 11 is 0. The van der Waals surface area contributed by atoms with Crippen LogP contribution in [0.15, 0.2) is 0 Å². The molecule has 0 amide bonds. The molecule has 14 heavy (non-hydrogen) atoms. The molecule has 3 heteroatoms. The molecule has 0 aromatic carbocycles. The SMILES string of the molecule is C#CC[C@@H](OC)[C@H](O)C#C[Si](C)(C)C. The lowest BCUT2D eigenvalue weighted by Gasteiger charge is -2.15. The van der Waals surface area contributed by atoms with Crippen LogP contribution in [0.3, 0.4) is 0 Å². The minimum absolute atomic E-state index is 0.371. The van der Waals surface area contributed by atoms with Crippen molar-refractivity contribution in [2.75, 3.05) is 7.11 Å². The Morgan fingerprint density at radius 2 is 2.00 bits per heavy atom. The summed E-state index contributed by atoms with van der Waals surface area (Å²) in [5.41, 5.74) is 3.09. The molecule has 0 aromatic rings. The molecule has 0 bridgehead atoms. The predicted octanol–water partition coefficient (Wildman–Crippen LogP) is 1.27. The monoisotopic (exact) mass is 210 g/mol. The van der Waals surface area contributed by atoms with Gasteiger partial charge in [0.15, 0.2) is 0 Å². The molecule has 2 atom stereocenters. The number of ether oxygens (including phenoxy) is 1. The van der Waals surface area contributed by atoms with Gasteiger partial charge in [0.05, 0.1) is 0 Å². The van der Waals surface area contributed by atoms with E-state index in [9.17, 15) is 5.11 Å². The Morgan fingerprint density at radius 1 is 1.43 bits per heavy atom. The van der Waals surface area contributed by atoms with Crippen LogP contribution in [0.25, 0.3) is 0 Å². The van der Waals surface area contributed by atoms with Crippen LogP contribution < -0.4 is 0 Å². The van der Waals surface area contributed by atoms with E-state index in [2.05, 4.69) is 37.0 Å². The van der Waals surface area contributed by atoms with Gasteiger partial charge in [-0.25, -0.2) is 0 Å². The first-order valence-electron chi connectivity index (χ1n) is 4.57. The van der Waals surface area contributed by atoms with Crippen molar-refractivity contribution in [2.45, 2.75) is 38.3 Å². The van der Waals surface area contributed by atoms with Gasteiger partial charge in [0.25, 0.3) is 0 Å². The largest absolute Gasteiger partial charge is 0.378 e. The number of terminal acetylenes is 1. The Hall–Kier alpha value is -0.743. The van der Waals surface area contributed by atoms with E-state index in [4.69, 9.17) is 11.2 Å². The van der Waals surface area contributed by atoms with Gasteiger partial charge in [-0.1, -0.05) is 25.6 Å². The van der Waals surface area contributed by atoms with Gasteiger partial charge in [0.1, 0.15) is 20.3 Å². The molecule has 0 fully saturated rings. The average molecular weight is 210 g/mol. The maximum atomic E-state index is 9.63. The topological polar surface area (TPSA) is 29.5 Å². The second kappa shape index (κ2) is 5.88. The van der Waals surface area contributed by atoms with Crippen LogP contribution in [0.1, 0.15) is 6.42 Å². The molecule has 0 heterocycles. The van der Waals surface area contributed by atoms with Crippen LogP contribution in [-0.4, -0.2) is 32.5 Å². The van der Waals surface area contributed by atoms with Crippen LogP contribution in [-0.2, 0) is 4.74 Å². The molecule has 78 valence electrons. The smallest absolute Gasteiger partial charge is 0.141 e. The molecule has 0 aliphatic heterocycles. The zero-order valence-corrected chi connectivity index (χ0v) is 10.3. The Bertz CT molecular complexity index is 262. The zero-order chi connectivity index (χ0) is 11.2. The first-order valence-corrected chi connectivity index (χ1v) is 8.07. The van der Waals surface area contributed by atoms with Gasteiger partial charge in [-0.2, -0.15) is 0 Å². The number of aliphatic hydroxyl groups is 1. The van der Waals surface area contributed by atoms with Crippen LogP contribution >= 0.6 is 0 Å². The van der Waals surface area contributed by atoms with E-state index in [1.54, 1.807) is 0 Å². The van der Waals surface area contributed by atoms with Crippen molar-refractivity contribution < 1.29 is 9.84 Å². The fourth-order valence-electron chi connectivity index (χ4n) is 0.823. The predicted molar refractivity (Wildman–Crippen MR) is 61.4 cm³/mol. The maximum Gasteiger partial charge on any atom is 0.141 e. The summed E-state index contributed by atoms with van der Waals surface area (Å²) < 4.78 is 5.04. The van der Waals surface area contributed by atoms with E-state index in [1.165, 1.54) is 7.11 Å². The molecule has 1 N–H and O–H groups in total. The molecular formula is C11H18O2Si. The second-order valence-electron chi connectivity index (χ2n) is 4.15. The Balaban J connectivity index is 4.36. The maximum absolute atomic E-state index is 9.63. The van der Waals surface area contributed by atoms with Crippen molar-refractivity contribution >= 4 is 8.07 Å². The van der Waals surface area contributed by atoms with Gasteiger partial charge in [0, 0.05) is 13.5 Å². The molecule has 0 rings (SSSR count). The Labute approximate surface area is 87.7 Å². The lowest BCUT2D eigenvalue weighted by atomic mass is 10.1. The Morgan fingerprint density at radius 3 is 2.36 bits per heavy atom. The molecule has 2 nitrogen and oxygen atoms in total. The summed E-state index contributed by atoms with van der Waals surface area (Å²) in [7, 11) is 0.0993. The van der Waals surface area contributed by atoms with Gasteiger partial charge in [0.2, 0.25) is 0 Å². The molecule has 0 unspecified atom stereocenters. The van der Waals surface area contributed by atoms with Gasteiger partial charge in [-0.05, 0) is 0 Å². The van der Waals surface area contributed by atoms with E-state index in [0.29, 0.717) is 6.42 Å². The standard InChI is InChI=1S/C11H18O2Si/c1-6-7-11(13-2)10(12)8-9-14(3,4)5/h1,10-12H,7H2,2-5H3/t10-,11-/m1/s1. The minimum atomic E-state index is -1.43. The molecule has 0 aromatic heterocycles.